The summed E-state index contributed by atoms with van der Waals surface area (Å²) in [4.78, 5) is 11.7. The highest BCUT2D eigenvalue weighted by atomic mass is 32.2. The molecule has 1 aliphatic rings. The van der Waals surface area contributed by atoms with Crippen LogP contribution in [-0.4, -0.2) is 48.1 Å². The van der Waals surface area contributed by atoms with E-state index in [9.17, 15) is 4.79 Å². The van der Waals surface area contributed by atoms with Crippen molar-refractivity contribution in [2.45, 2.75) is 32.6 Å². The van der Waals surface area contributed by atoms with Gasteiger partial charge in [0.1, 0.15) is 24.6 Å². The summed E-state index contributed by atoms with van der Waals surface area (Å²) in [5.41, 5.74) is 1.24. The number of piperidine rings is 1. The van der Waals surface area contributed by atoms with E-state index in [-0.39, 0.29) is 5.97 Å². The second-order valence-corrected chi connectivity index (χ2v) is 6.61. The molecule has 2 rings (SSSR count). The Hall–Kier alpha value is -1.49. The maximum Gasteiger partial charge on any atom is 0.316 e. The highest BCUT2D eigenvalue weighted by Crippen LogP contribution is 2.17. The third-order valence-corrected chi connectivity index (χ3v) is 5.00. The lowest BCUT2D eigenvalue weighted by atomic mass is 10.1. The average Bonchev–Trinajstić information content (AvgIpc) is 2.60. The predicted octanol–water partition coefficient (Wildman–Crippen LogP) is 3.13. The van der Waals surface area contributed by atoms with Gasteiger partial charge in [-0.05, 0) is 31.0 Å². The molecule has 0 atom stereocenters. The van der Waals surface area contributed by atoms with Gasteiger partial charge in [0.05, 0.1) is 20.1 Å². The Balaban J connectivity index is 2.07. The maximum absolute atomic E-state index is 11.7. The topological polar surface area (TPSA) is 38.5 Å². The van der Waals surface area contributed by atoms with E-state index < -0.39 is 0 Å². The van der Waals surface area contributed by atoms with E-state index in [2.05, 4.69) is 16.7 Å². The van der Waals surface area contributed by atoms with Crippen molar-refractivity contribution in [1.29, 1.82) is 0 Å². The number of thioether (sulfide) groups is 1. The van der Waals surface area contributed by atoms with Gasteiger partial charge in [0.25, 0.3) is 0 Å². The number of nitrogens with zero attached hydrogens (tertiary/aromatic N) is 1. The van der Waals surface area contributed by atoms with Gasteiger partial charge in [-0.2, -0.15) is 0 Å². The van der Waals surface area contributed by atoms with Crippen LogP contribution in [0, 0.1) is 0 Å². The summed E-state index contributed by atoms with van der Waals surface area (Å²) in [6.07, 6.45) is 4.61. The number of carbonyl (C=O) groups is 1. The molecule has 0 bridgehead atoms. The zero-order valence-corrected chi connectivity index (χ0v) is 14.9. The normalized spacial score (nSPS) is 14.4. The molecular weight excluding hydrogens is 310 g/mol. The number of methoxy groups -OCH3 is 1. The van der Waals surface area contributed by atoms with Gasteiger partial charge < -0.3 is 9.47 Å². The minimum absolute atomic E-state index is 0.137. The van der Waals surface area contributed by atoms with Crippen molar-refractivity contribution >= 4 is 22.8 Å². The lowest BCUT2D eigenvalue weighted by Crippen LogP contribution is -2.27. The highest BCUT2D eigenvalue weighted by molar-refractivity contribution is 8.14. The first-order valence-corrected chi connectivity index (χ1v) is 9.23. The Morgan fingerprint density at radius 1 is 1.17 bits per heavy atom. The molecule has 0 unspecified atom stereocenters. The Morgan fingerprint density at radius 2 is 1.87 bits per heavy atom. The van der Waals surface area contributed by atoms with Crippen LogP contribution in [0.2, 0.25) is 0 Å². The van der Waals surface area contributed by atoms with Crippen LogP contribution in [0.15, 0.2) is 24.3 Å². The van der Waals surface area contributed by atoms with Gasteiger partial charge >= 0.3 is 5.97 Å². The van der Waals surface area contributed by atoms with Crippen molar-refractivity contribution < 1.29 is 18.8 Å². The Bertz CT molecular complexity index is 532. The molecule has 0 radical (unpaired) electrons. The predicted molar refractivity (Wildman–Crippen MR) is 94.6 cm³/mol. The zero-order chi connectivity index (χ0) is 16.5. The number of hydrogen-bond donors (Lipinski definition) is 0. The third-order valence-electron chi connectivity index (χ3n) is 3.89. The van der Waals surface area contributed by atoms with E-state index >= 15 is 0 Å². The maximum atomic E-state index is 11.7. The first kappa shape index (κ1) is 17.9. The number of esters is 1. The first-order chi connectivity index (χ1) is 11.2. The van der Waals surface area contributed by atoms with Crippen LogP contribution in [0.25, 0.3) is 0 Å². The third kappa shape index (κ3) is 5.90. The second kappa shape index (κ2) is 9.60. The van der Waals surface area contributed by atoms with Gasteiger partial charge in [0, 0.05) is 12.8 Å². The summed E-state index contributed by atoms with van der Waals surface area (Å²) in [5, 5.41) is 1.27. The molecule has 1 aliphatic heterocycles. The van der Waals surface area contributed by atoms with E-state index in [1.54, 1.807) is 18.9 Å². The van der Waals surface area contributed by atoms with Crippen molar-refractivity contribution in [3.05, 3.63) is 29.8 Å². The smallest absolute Gasteiger partial charge is 0.316 e. The molecule has 1 fully saturated rings. The number of benzene rings is 1. The van der Waals surface area contributed by atoms with Crippen molar-refractivity contribution in [2.24, 2.45) is 0 Å². The number of carbonyl (C=O) groups excluding carboxylic acids is 1. The quantitative estimate of drug-likeness (QED) is 0.454. The summed E-state index contributed by atoms with van der Waals surface area (Å²) < 4.78 is 12.7. The summed E-state index contributed by atoms with van der Waals surface area (Å²) in [6, 6.07) is 8.15. The molecule has 0 aliphatic carbocycles. The molecular formula is C18H26NO3S+. The molecule has 0 aromatic heterocycles. The summed E-state index contributed by atoms with van der Waals surface area (Å²) in [5.74, 6) is 1.12. The van der Waals surface area contributed by atoms with E-state index in [1.807, 2.05) is 19.1 Å². The van der Waals surface area contributed by atoms with Gasteiger partial charge in [-0.25, -0.2) is 4.58 Å². The standard InChI is InChI=1S/C18H26NO3S/c1-3-22-18(20)14-23-17(19-11-5-4-6-12-19)13-15-7-9-16(21-2)10-8-15/h7-10H,3-6,11-14H2,1-2H3/q+1. The highest BCUT2D eigenvalue weighted by Gasteiger charge is 2.20. The molecule has 0 saturated carbocycles. The lowest BCUT2D eigenvalue weighted by molar-refractivity contribution is -0.535. The van der Waals surface area contributed by atoms with Crippen LogP contribution in [0.3, 0.4) is 0 Å². The largest absolute Gasteiger partial charge is 0.497 e. The van der Waals surface area contributed by atoms with Crippen LogP contribution in [0.4, 0.5) is 0 Å². The molecule has 0 N–H and O–H groups in total. The van der Waals surface area contributed by atoms with Crippen molar-refractivity contribution in [3.63, 3.8) is 0 Å². The fraction of sp³-hybridized carbons (Fsp3) is 0.556. The minimum Gasteiger partial charge on any atom is -0.497 e. The summed E-state index contributed by atoms with van der Waals surface area (Å²) in [7, 11) is 1.68. The van der Waals surface area contributed by atoms with Crippen LogP contribution in [0.1, 0.15) is 31.7 Å². The fourth-order valence-corrected chi connectivity index (χ4v) is 3.66. The molecule has 1 aromatic carbocycles. The van der Waals surface area contributed by atoms with E-state index in [0.717, 1.165) is 25.3 Å². The van der Waals surface area contributed by atoms with Gasteiger partial charge in [0.15, 0.2) is 0 Å². The van der Waals surface area contributed by atoms with Crippen LogP contribution in [-0.2, 0) is 16.0 Å². The Morgan fingerprint density at radius 3 is 2.48 bits per heavy atom. The van der Waals surface area contributed by atoms with Gasteiger partial charge in [-0.1, -0.05) is 23.9 Å². The Labute approximate surface area is 142 Å². The van der Waals surface area contributed by atoms with Gasteiger partial charge in [-0.3, -0.25) is 4.79 Å². The van der Waals surface area contributed by atoms with E-state index in [0.29, 0.717) is 12.4 Å². The average molecular weight is 336 g/mol. The number of rotatable bonds is 6. The summed E-state index contributed by atoms with van der Waals surface area (Å²) >= 11 is 1.62. The van der Waals surface area contributed by atoms with Gasteiger partial charge in [-0.15, -0.1) is 0 Å². The van der Waals surface area contributed by atoms with Crippen molar-refractivity contribution in [1.82, 2.24) is 0 Å². The monoisotopic (exact) mass is 336 g/mol. The zero-order valence-electron chi connectivity index (χ0n) is 14.0. The molecule has 5 heteroatoms. The van der Waals surface area contributed by atoms with E-state index in [4.69, 9.17) is 9.47 Å². The van der Waals surface area contributed by atoms with Crippen molar-refractivity contribution in [3.8, 4) is 5.75 Å². The SMILES string of the molecule is CCOC(=O)CSC(Cc1ccc(OC)cc1)=[N+]1CCCCC1. The number of hydrogen-bond acceptors (Lipinski definition) is 4. The first-order valence-electron chi connectivity index (χ1n) is 8.25. The fourth-order valence-electron chi connectivity index (χ4n) is 2.66. The molecule has 1 heterocycles. The molecule has 23 heavy (non-hydrogen) atoms. The molecule has 126 valence electrons. The van der Waals surface area contributed by atoms with E-state index in [1.165, 1.54) is 29.9 Å². The summed E-state index contributed by atoms with van der Waals surface area (Å²) in [6.45, 7) is 4.45. The molecule has 1 aromatic rings. The molecule has 1 saturated heterocycles. The second-order valence-electron chi connectivity index (χ2n) is 5.56. The van der Waals surface area contributed by atoms with Gasteiger partial charge in [0.2, 0.25) is 5.04 Å². The molecule has 4 nitrogen and oxygen atoms in total. The van der Waals surface area contributed by atoms with Crippen LogP contribution < -0.4 is 4.74 Å². The minimum atomic E-state index is -0.137. The molecule has 0 spiro atoms. The molecule has 0 amide bonds. The van der Waals surface area contributed by atoms with Crippen LogP contribution >= 0.6 is 11.8 Å². The lowest BCUT2D eigenvalue weighted by Gasteiger charge is -2.14. The number of ether oxygens (including phenoxy) is 2. The van der Waals surface area contributed by atoms with Crippen LogP contribution in [0.5, 0.6) is 5.75 Å². The Kier molecular flexibility index (Phi) is 7.46. The van der Waals surface area contributed by atoms with Crippen molar-refractivity contribution in [2.75, 3.05) is 32.6 Å².